The van der Waals surface area contributed by atoms with Gasteiger partial charge in [0.25, 0.3) is 0 Å². The number of halogens is 4. The Labute approximate surface area is 201 Å². The summed E-state index contributed by atoms with van der Waals surface area (Å²) in [6.07, 6.45) is -0.611. The van der Waals surface area contributed by atoms with Crippen LogP contribution in [0.2, 0.25) is 0 Å². The maximum atomic E-state index is 13.8. The monoisotopic (exact) mass is 485 g/mol. The highest BCUT2D eigenvalue weighted by atomic mass is 19.4. The maximum Gasteiger partial charge on any atom is 0.416 e. The Morgan fingerprint density at radius 2 is 1.54 bits per heavy atom. The summed E-state index contributed by atoms with van der Waals surface area (Å²) in [5.41, 5.74) is 3.45. The van der Waals surface area contributed by atoms with Gasteiger partial charge in [-0.25, -0.2) is 4.39 Å². The number of fused-ring (bicyclic) bond motifs is 1. The van der Waals surface area contributed by atoms with Gasteiger partial charge in [0.05, 0.1) is 17.4 Å². The summed E-state index contributed by atoms with van der Waals surface area (Å²) in [7, 11) is 0. The third-order valence-corrected chi connectivity index (χ3v) is 7.31. The molecule has 35 heavy (non-hydrogen) atoms. The first-order valence-electron chi connectivity index (χ1n) is 12.1. The molecule has 2 aromatic carbocycles. The second-order valence-corrected chi connectivity index (χ2v) is 9.56. The summed E-state index contributed by atoms with van der Waals surface area (Å²) in [4.78, 5) is 4.98. The molecule has 5 rings (SSSR count). The van der Waals surface area contributed by atoms with Gasteiger partial charge in [-0.15, -0.1) is 0 Å². The van der Waals surface area contributed by atoms with Gasteiger partial charge in [-0.2, -0.15) is 13.2 Å². The minimum absolute atomic E-state index is 0.109. The molecule has 0 aliphatic heterocycles. The van der Waals surface area contributed by atoms with Crippen LogP contribution in [0.15, 0.2) is 48.5 Å². The highest BCUT2D eigenvalue weighted by Crippen LogP contribution is 2.47. The van der Waals surface area contributed by atoms with Crippen LogP contribution >= 0.6 is 0 Å². The summed E-state index contributed by atoms with van der Waals surface area (Å²) in [6, 6.07) is 10.4. The van der Waals surface area contributed by atoms with E-state index in [1.54, 1.807) is 12.1 Å². The number of aliphatic hydroxyl groups excluding tert-OH is 2. The Hall–Kier alpha value is -2.77. The average Bonchev–Trinajstić information content (AvgIpc) is 3.38. The molecule has 3 nitrogen and oxygen atoms in total. The van der Waals surface area contributed by atoms with Gasteiger partial charge in [0.2, 0.25) is 0 Å². The van der Waals surface area contributed by atoms with Crippen LogP contribution in [0.5, 0.6) is 0 Å². The van der Waals surface area contributed by atoms with Crippen molar-refractivity contribution in [2.24, 2.45) is 0 Å². The summed E-state index contributed by atoms with van der Waals surface area (Å²) >= 11 is 0. The molecule has 2 N–H and O–H groups in total. The molecular weight excluding hydrogens is 458 g/mol. The molecule has 1 heterocycles. The average molecular weight is 486 g/mol. The van der Waals surface area contributed by atoms with E-state index in [1.165, 1.54) is 24.3 Å². The van der Waals surface area contributed by atoms with Crippen LogP contribution in [0, 0.1) is 5.82 Å². The van der Waals surface area contributed by atoms with Crippen LogP contribution in [0.3, 0.4) is 0 Å². The smallest absolute Gasteiger partial charge is 0.388 e. The molecule has 2 unspecified atom stereocenters. The van der Waals surface area contributed by atoms with Crippen molar-refractivity contribution in [2.75, 3.05) is 0 Å². The van der Waals surface area contributed by atoms with E-state index in [9.17, 15) is 27.8 Å². The predicted molar refractivity (Wildman–Crippen MR) is 124 cm³/mol. The van der Waals surface area contributed by atoms with Crippen molar-refractivity contribution >= 4 is 0 Å². The molecule has 7 heteroatoms. The second-order valence-electron chi connectivity index (χ2n) is 9.56. The van der Waals surface area contributed by atoms with Crippen molar-refractivity contribution in [3.05, 3.63) is 88.0 Å². The molecule has 1 fully saturated rings. The highest BCUT2D eigenvalue weighted by Gasteiger charge is 2.35. The van der Waals surface area contributed by atoms with Crippen LogP contribution in [-0.4, -0.2) is 15.2 Å². The number of aliphatic hydroxyl groups is 2. The molecule has 0 spiro atoms. The minimum atomic E-state index is -4.48. The van der Waals surface area contributed by atoms with E-state index in [4.69, 9.17) is 4.98 Å². The number of hydrogen-bond acceptors (Lipinski definition) is 3. The third-order valence-electron chi connectivity index (χ3n) is 7.31. The van der Waals surface area contributed by atoms with E-state index in [0.29, 0.717) is 40.7 Å². The lowest BCUT2D eigenvalue weighted by Gasteiger charge is -2.31. The van der Waals surface area contributed by atoms with Crippen LogP contribution in [0.4, 0.5) is 17.6 Å². The van der Waals surface area contributed by atoms with Gasteiger partial charge in [0.15, 0.2) is 0 Å². The first-order chi connectivity index (χ1) is 16.7. The summed E-state index contributed by atoms with van der Waals surface area (Å²) in [5, 5.41) is 22.6. The summed E-state index contributed by atoms with van der Waals surface area (Å²) in [6.45, 7) is 0. The Kier molecular flexibility index (Phi) is 6.40. The van der Waals surface area contributed by atoms with Crippen LogP contribution < -0.4 is 0 Å². The predicted octanol–water partition coefficient (Wildman–Crippen LogP) is 7.02. The molecule has 0 radical (unpaired) electrons. The molecule has 1 saturated carbocycles. The Morgan fingerprint density at radius 3 is 2.17 bits per heavy atom. The largest absolute Gasteiger partial charge is 0.416 e. The molecule has 2 aliphatic rings. The number of aromatic nitrogens is 1. The molecule has 184 valence electrons. The molecule has 2 aliphatic carbocycles. The number of hydrogen-bond donors (Lipinski definition) is 2. The number of alkyl halides is 3. The highest BCUT2D eigenvalue weighted by molar-refractivity contribution is 5.75. The molecule has 3 aromatic rings. The van der Waals surface area contributed by atoms with Crippen molar-refractivity contribution in [2.45, 2.75) is 69.2 Å². The lowest BCUT2D eigenvalue weighted by Crippen LogP contribution is -2.20. The Bertz CT molecular complexity index is 1200. The standard InChI is InChI=1S/C28H27F4NO2/c29-20-14-10-16(11-15-20)23-24-21(6-3-7-22(24)34)33-26(17-4-1-2-5-17)25(23)27(35)18-8-12-19(13-9-18)28(30,31)32/h8-15,17,22,27,34-35H,1-7H2. The van der Waals surface area contributed by atoms with Gasteiger partial charge in [0, 0.05) is 22.7 Å². The first-order valence-corrected chi connectivity index (χ1v) is 12.1. The van der Waals surface area contributed by atoms with Gasteiger partial charge < -0.3 is 10.2 Å². The van der Waals surface area contributed by atoms with Crippen molar-refractivity contribution in [3.63, 3.8) is 0 Å². The van der Waals surface area contributed by atoms with Gasteiger partial charge in [-0.05, 0) is 73.1 Å². The first kappa shape index (κ1) is 23.9. The maximum absolute atomic E-state index is 13.8. The lowest BCUT2D eigenvalue weighted by atomic mass is 9.79. The topological polar surface area (TPSA) is 53.4 Å². The van der Waals surface area contributed by atoms with Crippen molar-refractivity contribution < 1.29 is 27.8 Å². The number of benzene rings is 2. The summed E-state index contributed by atoms with van der Waals surface area (Å²) < 4.78 is 53.2. The lowest BCUT2D eigenvalue weighted by molar-refractivity contribution is -0.137. The van der Waals surface area contributed by atoms with E-state index in [-0.39, 0.29) is 5.92 Å². The fourth-order valence-electron chi connectivity index (χ4n) is 5.58. The van der Waals surface area contributed by atoms with E-state index in [1.807, 2.05) is 0 Å². The van der Waals surface area contributed by atoms with Gasteiger partial charge in [0.1, 0.15) is 11.9 Å². The zero-order valence-electron chi connectivity index (χ0n) is 19.2. The normalized spacial score (nSPS) is 19.5. The van der Waals surface area contributed by atoms with E-state index < -0.39 is 29.8 Å². The van der Waals surface area contributed by atoms with Crippen molar-refractivity contribution in [3.8, 4) is 11.1 Å². The van der Waals surface area contributed by atoms with E-state index in [0.717, 1.165) is 55.6 Å². The molecule has 0 amide bonds. The second kappa shape index (κ2) is 9.36. The number of aryl methyl sites for hydroxylation is 1. The fraction of sp³-hybridized carbons (Fsp3) is 0.393. The molecule has 1 aromatic heterocycles. The van der Waals surface area contributed by atoms with Gasteiger partial charge in [-0.1, -0.05) is 37.1 Å². The van der Waals surface area contributed by atoms with Crippen molar-refractivity contribution in [1.29, 1.82) is 0 Å². The molecule has 2 atom stereocenters. The van der Waals surface area contributed by atoms with E-state index in [2.05, 4.69) is 0 Å². The molecule has 0 bridgehead atoms. The van der Waals surface area contributed by atoms with Crippen molar-refractivity contribution in [1.82, 2.24) is 4.98 Å². The van der Waals surface area contributed by atoms with E-state index >= 15 is 0 Å². The van der Waals surface area contributed by atoms with Crippen LogP contribution in [-0.2, 0) is 12.6 Å². The van der Waals surface area contributed by atoms with Crippen LogP contribution in [0.25, 0.3) is 11.1 Å². The molecular formula is C28H27F4NO2. The Morgan fingerprint density at radius 1 is 0.886 bits per heavy atom. The molecule has 0 saturated heterocycles. The fourth-order valence-corrected chi connectivity index (χ4v) is 5.58. The quantitative estimate of drug-likeness (QED) is 0.391. The third kappa shape index (κ3) is 4.59. The Balaban J connectivity index is 1.75. The van der Waals surface area contributed by atoms with Gasteiger partial charge in [-0.3, -0.25) is 4.98 Å². The number of rotatable bonds is 4. The zero-order chi connectivity index (χ0) is 24.7. The number of nitrogens with zero attached hydrogens (tertiary/aromatic N) is 1. The SMILES string of the molecule is OC1CCCc2nc(C3CCCC3)c(C(O)c3ccc(C(F)(F)F)cc3)c(-c3ccc(F)cc3)c21. The summed E-state index contributed by atoms with van der Waals surface area (Å²) in [5.74, 6) is -0.296. The zero-order valence-corrected chi connectivity index (χ0v) is 19.2. The minimum Gasteiger partial charge on any atom is -0.388 e. The van der Waals surface area contributed by atoms with Gasteiger partial charge >= 0.3 is 6.18 Å². The van der Waals surface area contributed by atoms with Crippen LogP contribution in [0.1, 0.15) is 90.3 Å². The number of pyridine rings is 1.